The Morgan fingerprint density at radius 2 is 1.95 bits per heavy atom. The molecule has 0 bridgehead atoms. The highest BCUT2D eigenvalue weighted by molar-refractivity contribution is 5.45. The van der Waals surface area contributed by atoms with E-state index >= 15 is 0 Å². The molecule has 0 saturated carbocycles. The summed E-state index contributed by atoms with van der Waals surface area (Å²) in [4.78, 5) is 3.92. The lowest BCUT2D eigenvalue weighted by Crippen LogP contribution is -2.03. The lowest BCUT2D eigenvalue weighted by atomic mass is 10.1. The van der Waals surface area contributed by atoms with Crippen molar-refractivity contribution in [3.63, 3.8) is 0 Å². The fourth-order valence-corrected chi connectivity index (χ4v) is 2.27. The van der Waals surface area contributed by atoms with Gasteiger partial charge in [-0.3, -0.25) is 0 Å². The van der Waals surface area contributed by atoms with E-state index in [0.29, 0.717) is 18.7 Å². The molecule has 1 aromatic heterocycles. The highest BCUT2D eigenvalue weighted by atomic mass is 19.1. The van der Waals surface area contributed by atoms with E-state index in [1.165, 1.54) is 12.4 Å². The van der Waals surface area contributed by atoms with E-state index in [4.69, 9.17) is 0 Å². The molecule has 5 heteroatoms. The Morgan fingerprint density at radius 3 is 2.68 bits per heavy atom. The molecule has 3 aromatic rings. The van der Waals surface area contributed by atoms with E-state index in [-0.39, 0.29) is 5.82 Å². The summed E-state index contributed by atoms with van der Waals surface area (Å²) in [6.45, 7) is 3.12. The Hall–Kier alpha value is -2.69. The fraction of sp³-hybridized carbons (Fsp3) is 0.176. The number of aryl methyl sites for hydroxylation is 1. The summed E-state index contributed by atoms with van der Waals surface area (Å²) in [6, 6.07) is 13.2. The highest BCUT2D eigenvalue weighted by Gasteiger charge is 2.02. The number of aromatic nitrogens is 3. The van der Waals surface area contributed by atoms with Crippen molar-refractivity contribution in [1.82, 2.24) is 14.8 Å². The van der Waals surface area contributed by atoms with Crippen molar-refractivity contribution in [3.05, 3.63) is 77.6 Å². The first kappa shape index (κ1) is 14.3. The van der Waals surface area contributed by atoms with Gasteiger partial charge in [0.05, 0.1) is 6.54 Å². The third-order valence-corrected chi connectivity index (χ3v) is 3.45. The molecule has 0 atom stereocenters. The van der Waals surface area contributed by atoms with E-state index < -0.39 is 0 Å². The van der Waals surface area contributed by atoms with Gasteiger partial charge >= 0.3 is 0 Å². The number of hydrogen-bond acceptors (Lipinski definition) is 3. The first-order valence-corrected chi connectivity index (χ1v) is 7.11. The molecule has 0 aliphatic rings. The largest absolute Gasteiger partial charge is 0.381 e. The maximum Gasteiger partial charge on any atom is 0.137 e. The number of nitrogens with one attached hydrogen (secondary N) is 1. The third kappa shape index (κ3) is 3.49. The van der Waals surface area contributed by atoms with E-state index in [0.717, 1.165) is 16.8 Å². The Balaban J connectivity index is 1.62. The molecule has 0 aliphatic heterocycles. The minimum atomic E-state index is -0.180. The zero-order chi connectivity index (χ0) is 15.4. The van der Waals surface area contributed by atoms with Crippen LogP contribution < -0.4 is 5.32 Å². The Kier molecular flexibility index (Phi) is 4.14. The first-order valence-electron chi connectivity index (χ1n) is 7.11. The van der Waals surface area contributed by atoms with E-state index in [1.54, 1.807) is 17.1 Å². The van der Waals surface area contributed by atoms with Crippen LogP contribution in [-0.4, -0.2) is 14.8 Å². The molecule has 4 nitrogen and oxygen atoms in total. The summed E-state index contributed by atoms with van der Waals surface area (Å²) < 4.78 is 15.5. The van der Waals surface area contributed by atoms with Gasteiger partial charge < -0.3 is 5.32 Å². The molecule has 0 radical (unpaired) electrons. The zero-order valence-electron chi connectivity index (χ0n) is 12.3. The highest BCUT2D eigenvalue weighted by Crippen LogP contribution is 2.15. The molecular weight excluding hydrogens is 279 g/mol. The van der Waals surface area contributed by atoms with Gasteiger partial charge in [0.25, 0.3) is 0 Å². The van der Waals surface area contributed by atoms with Crippen LogP contribution in [0.5, 0.6) is 0 Å². The number of anilines is 1. The predicted octanol–water partition coefficient (Wildman–Crippen LogP) is 3.39. The first-order chi connectivity index (χ1) is 10.7. The maximum atomic E-state index is 13.7. The van der Waals surface area contributed by atoms with Crippen molar-refractivity contribution in [1.29, 1.82) is 0 Å². The molecule has 22 heavy (non-hydrogen) atoms. The van der Waals surface area contributed by atoms with Crippen LogP contribution in [0.15, 0.2) is 55.1 Å². The van der Waals surface area contributed by atoms with Crippen LogP contribution >= 0.6 is 0 Å². The van der Waals surface area contributed by atoms with E-state index in [9.17, 15) is 4.39 Å². The van der Waals surface area contributed by atoms with Crippen LogP contribution in [0.25, 0.3) is 0 Å². The van der Waals surface area contributed by atoms with Gasteiger partial charge in [0.15, 0.2) is 0 Å². The number of nitrogens with zero attached hydrogens (tertiary/aromatic N) is 3. The Bertz CT molecular complexity index is 736. The molecule has 1 N–H and O–H groups in total. The second kappa shape index (κ2) is 6.39. The molecule has 3 rings (SSSR count). The van der Waals surface area contributed by atoms with Crippen molar-refractivity contribution in [2.45, 2.75) is 20.0 Å². The van der Waals surface area contributed by atoms with Gasteiger partial charge in [0.2, 0.25) is 0 Å². The smallest absolute Gasteiger partial charge is 0.137 e. The normalized spacial score (nSPS) is 10.6. The predicted molar refractivity (Wildman–Crippen MR) is 84.0 cm³/mol. The average Bonchev–Trinajstić information content (AvgIpc) is 3.03. The lowest BCUT2D eigenvalue weighted by Gasteiger charge is -2.09. The molecule has 0 spiro atoms. The molecule has 0 saturated heterocycles. The van der Waals surface area contributed by atoms with Gasteiger partial charge in [0, 0.05) is 17.8 Å². The van der Waals surface area contributed by atoms with Crippen LogP contribution in [0.2, 0.25) is 0 Å². The Morgan fingerprint density at radius 1 is 1.14 bits per heavy atom. The monoisotopic (exact) mass is 296 g/mol. The lowest BCUT2D eigenvalue weighted by molar-refractivity contribution is 0.612. The van der Waals surface area contributed by atoms with Crippen molar-refractivity contribution in [2.75, 3.05) is 5.32 Å². The van der Waals surface area contributed by atoms with Crippen LogP contribution in [-0.2, 0) is 13.1 Å². The molecule has 0 fully saturated rings. The second-order valence-electron chi connectivity index (χ2n) is 5.24. The minimum absolute atomic E-state index is 0.180. The number of halogens is 1. The molecule has 0 amide bonds. The number of benzene rings is 2. The topological polar surface area (TPSA) is 42.7 Å². The van der Waals surface area contributed by atoms with Gasteiger partial charge in [-0.1, -0.05) is 29.8 Å². The standard InChI is InChI=1S/C17H17FN4/c1-13-2-7-17(18)15(8-13)9-20-16-5-3-14(4-6-16)10-22-12-19-11-21-22/h2-8,11-12,20H,9-10H2,1H3. The van der Waals surface area contributed by atoms with Crippen molar-refractivity contribution >= 4 is 5.69 Å². The van der Waals surface area contributed by atoms with Crippen molar-refractivity contribution in [3.8, 4) is 0 Å². The fourth-order valence-electron chi connectivity index (χ4n) is 2.27. The summed E-state index contributed by atoms with van der Waals surface area (Å²) in [5.41, 5.74) is 3.83. The van der Waals surface area contributed by atoms with Gasteiger partial charge in [-0.25, -0.2) is 14.1 Å². The molecule has 0 aliphatic carbocycles. The maximum absolute atomic E-state index is 13.7. The summed E-state index contributed by atoms with van der Waals surface area (Å²) in [7, 11) is 0. The SMILES string of the molecule is Cc1ccc(F)c(CNc2ccc(Cn3cncn3)cc2)c1. The summed E-state index contributed by atoms with van der Waals surface area (Å²) in [6.07, 6.45) is 3.21. The van der Waals surface area contributed by atoms with Crippen LogP contribution in [0.1, 0.15) is 16.7 Å². The summed E-state index contributed by atoms with van der Waals surface area (Å²) in [5, 5.41) is 7.32. The van der Waals surface area contributed by atoms with Crippen molar-refractivity contribution < 1.29 is 4.39 Å². The van der Waals surface area contributed by atoms with Gasteiger partial charge in [-0.2, -0.15) is 5.10 Å². The van der Waals surface area contributed by atoms with Gasteiger partial charge in [-0.15, -0.1) is 0 Å². The van der Waals surface area contributed by atoms with E-state index in [2.05, 4.69) is 15.4 Å². The molecular formula is C17H17FN4. The minimum Gasteiger partial charge on any atom is -0.381 e. The molecule has 2 aromatic carbocycles. The molecule has 1 heterocycles. The average molecular weight is 296 g/mol. The van der Waals surface area contributed by atoms with Crippen LogP contribution in [0.4, 0.5) is 10.1 Å². The van der Waals surface area contributed by atoms with E-state index in [1.807, 2.05) is 37.3 Å². The molecule has 112 valence electrons. The Labute approximate surface area is 128 Å². The van der Waals surface area contributed by atoms with Gasteiger partial charge in [0.1, 0.15) is 18.5 Å². The van der Waals surface area contributed by atoms with Gasteiger partial charge in [-0.05, 0) is 30.7 Å². The second-order valence-corrected chi connectivity index (χ2v) is 5.24. The zero-order valence-corrected chi connectivity index (χ0v) is 12.3. The van der Waals surface area contributed by atoms with Crippen molar-refractivity contribution in [2.24, 2.45) is 0 Å². The van der Waals surface area contributed by atoms with Crippen LogP contribution in [0.3, 0.4) is 0 Å². The third-order valence-electron chi connectivity index (χ3n) is 3.45. The quantitative estimate of drug-likeness (QED) is 0.785. The molecule has 0 unspecified atom stereocenters. The number of hydrogen-bond donors (Lipinski definition) is 1. The summed E-state index contributed by atoms with van der Waals surface area (Å²) >= 11 is 0. The van der Waals surface area contributed by atoms with Crippen LogP contribution in [0, 0.1) is 12.7 Å². The summed E-state index contributed by atoms with van der Waals surface area (Å²) in [5.74, 6) is -0.180. The number of rotatable bonds is 5.